The van der Waals surface area contributed by atoms with Gasteiger partial charge in [-0.1, -0.05) is 30.7 Å². The molecule has 0 fully saturated rings. The van der Waals surface area contributed by atoms with Gasteiger partial charge in [0.15, 0.2) is 5.65 Å². The van der Waals surface area contributed by atoms with E-state index in [2.05, 4.69) is 9.97 Å². The van der Waals surface area contributed by atoms with Crippen LogP contribution in [-0.4, -0.2) is 32.2 Å². The number of ether oxygens (including phenoxy) is 1. The molecule has 0 saturated carbocycles. The Morgan fingerprint density at radius 3 is 2.69 bits per heavy atom. The molecule has 3 rings (SSSR count). The number of carbonyl (C=O) groups excluding carboxylic acids is 1. The molecule has 0 saturated heterocycles. The van der Waals surface area contributed by atoms with Crippen LogP contribution in [0.4, 0.5) is 4.39 Å². The Balaban J connectivity index is 2.23. The number of fused-ring (bicyclic) bond motifs is 1. The lowest BCUT2D eigenvalue weighted by Crippen LogP contribution is -2.16. The number of esters is 1. The molecule has 1 aromatic carbocycles. The second-order valence-corrected chi connectivity index (χ2v) is 6.21. The number of aromatic hydroxyl groups is 1. The number of halogens is 2. The fraction of sp³-hybridized carbons (Fsp3) is 0.278. The Kier molecular flexibility index (Phi) is 5.08. The summed E-state index contributed by atoms with van der Waals surface area (Å²) in [5, 5.41) is 10.7. The van der Waals surface area contributed by atoms with E-state index in [1.807, 2.05) is 6.92 Å². The molecule has 0 aliphatic heterocycles. The van der Waals surface area contributed by atoms with E-state index in [0.29, 0.717) is 33.7 Å². The minimum absolute atomic E-state index is 0.0697. The highest BCUT2D eigenvalue weighted by Crippen LogP contribution is 2.38. The number of imidazole rings is 1. The van der Waals surface area contributed by atoms with Crippen LogP contribution in [0, 0.1) is 5.82 Å². The maximum absolute atomic E-state index is 13.3. The molecule has 0 bridgehead atoms. The minimum atomic E-state index is -0.415. The van der Waals surface area contributed by atoms with Crippen LogP contribution >= 0.6 is 11.6 Å². The lowest BCUT2D eigenvalue weighted by molar-refractivity contribution is -0.142. The van der Waals surface area contributed by atoms with Crippen molar-refractivity contribution in [3.05, 3.63) is 41.3 Å². The number of benzene rings is 1. The number of pyridine rings is 1. The van der Waals surface area contributed by atoms with Crippen molar-refractivity contribution in [1.82, 2.24) is 14.5 Å². The molecular formula is C18H17ClFN3O3. The third-order valence-corrected chi connectivity index (χ3v) is 4.38. The minimum Gasteiger partial charge on any atom is -0.480 e. The van der Waals surface area contributed by atoms with Gasteiger partial charge in [0.1, 0.15) is 17.9 Å². The van der Waals surface area contributed by atoms with Crippen LogP contribution in [0.3, 0.4) is 0 Å². The van der Waals surface area contributed by atoms with Crippen LogP contribution in [0.15, 0.2) is 30.5 Å². The summed E-state index contributed by atoms with van der Waals surface area (Å²) in [6, 6.07) is 5.23. The second kappa shape index (κ2) is 7.29. The first-order valence-electron chi connectivity index (χ1n) is 8.07. The molecule has 1 N–H and O–H groups in total. The zero-order valence-corrected chi connectivity index (χ0v) is 15.0. The average Bonchev–Trinajstić information content (AvgIpc) is 2.93. The van der Waals surface area contributed by atoms with Crippen LogP contribution in [0.5, 0.6) is 6.01 Å². The normalized spacial score (nSPS) is 12.3. The van der Waals surface area contributed by atoms with Crippen LogP contribution in [0.2, 0.25) is 5.02 Å². The average molecular weight is 378 g/mol. The Morgan fingerprint density at radius 1 is 1.38 bits per heavy atom. The first-order chi connectivity index (χ1) is 12.4. The predicted octanol–water partition coefficient (Wildman–Crippen LogP) is 4.11. The van der Waals surface area contributed by atoms with Gasteiger partial charge in [0.2, 0.25) is 0 Å². The van der Waals surface area contributed by atoms with Crippen LogP contribution < -0.4 is 0 Å². The first-order valence-corrected chi connectivity index (χ1v) is 8.44. The SMILES string of the molecule is CC[C@@H](COC(C)=O)n1c(O)nc2ncc(Cl)c(-c3ccc(F)cc3)c21. The quantitative estimate of drug-likeness (QED) is 0.677. The van der Waals surface area contributed by atoms with E-state index in [1.54, 1.807) is 16.7 Å². The highest BCUT2D eigenvalue weighted by molar-refractivity contribution is 6.34. The standard InChI is InChI=1S/C18H17ClFN3O3/c1-3-13(9-26-10(2)24)23-16-15(11-4-6-12(20)7-5-11)14(19)8-21-17(16)22-18(23)25/h4-8,13H,3,9H2,1-2H3,(H,21,22,25)/t13-/m0/s1. The molecule has 2 aromatic heterocycles. The molecule has 26 heavy (non-hydrogen) atoms. The number of hydrogen-bond donors (Lipinski definition) is 1. The van der Waals surface area contributed by atoms with Crippen molar-refractivity contribution in [1.29, 1.82) is 0 Å². The van der Waals surface area contributed by atoms with Crippen LogP contribution in [0.1, 0.15) is 26.3 Å². The molecule has 0 aliphatic carbocycles. The zero-order valence-electron chi connectivity index (χ0n) is 14.2. The third kappa shape index (κ3) is 3.35. The fourth-order valence-electron chi connectivity index (χ4n) is 2.85. The van der Waals surface area contributed by atoms with Gasteiger partial charge in [0.05, 0.1) is 11.1 Å². The summed E-state index contributed by atoms with van der Waals surface area (Å²) < 4.78 is 20.0. The maximum atomic E-state index is 13.3. The second-order valence-electron chi connectivity index (χ2n) is 5.81. The Labute approximate surface area is 154 Å². The monoisotopic (exact) mass is 377 g/mol. The van der Waals surface area contributed by atoms with Gasteiger partial charge in [-0.2, -0.15) is 4.98 Å². The van der Waals surface area contributed by atoms with Gasteiger partial charge >= 0.3 is 5.97 Å². The van der Waals surface area contributed by atoms with Gasteiger partial charge in [-0.05, 0) is 24.1 Å². The third-order valence-electron chi connectivity index (χ3n) is 4.10. The number of aromatic nitrogens is 3. The summed E-state index contributed by atoms with van der Waals surface area (Å²) in [6.07, 6.45) is 2.01. The first kappa shape index (κ1) is 18.1. The van der Waals surface area contributed by atoms with E-state index < -0.39 is 5.97 Å². The number of carbonyl (C=O) groups is 1. The van der Waals surface area contributed by atoms with Gasteiger partial charge in [0.25, 0.3) is 6.01 Å². The summed E-state index contributed by atoms with van der Waals surface area (Å²) in [4.78, 5) is 19.4. The molecule has 8 heteroatoms. The van der Waals surface area contributed by atoms with Crippen LogP contribution in [-0.2, 0) is 9.53 Å². The van der Waals surface area contributed by atoms with Gasteiger partial charge in [0, 0.05) is 18.7 Å². The number of nitrogens with zero attached hydrogens (tertiary/aromatic N) is 3. The van der Waals surface area contributed by atoms with Crippen molar-refractivity contribution in [3.63, 3.8) is 0 Å². The molecule has 1 atom stereocenters. The Hall–Kier alpha value is -2.67. The van der Waals surface area contributed by atoms with Crippen molar-refractivity contribution < 1.29 is 19.0 Å². The van der Waals surface area contributed by atoms with Crippen molar-refractivity contribution in [2.75, 3.05) is 6.61 Å². The van der Waals surface area contributed by atoms with Gasteiger partial charge < -0.3 is 9.84 Å². The smallest absolute Gasteiger partial charge is 0.302 e. The van der Waals surface area contributed by atoms with E-state index in [1.165, 1.54) is 25.3 Å². The number of hydrogen-bond acceptors (Lipinski definition) is 5. The van der Waals surface area contributed by atoms with Gasteiger partial charge in [-0.15, -0.1) is 0 Å². The van der Waals surface area contributed by atoms with E-state index in [-0.39, 0.29) is 24.5 Å². The summed E-state index contributed by atoms with van der Waals surface area (Å²) in [7, 11) is 0. The van der Waals surface area contributed by atoms with E-state index in [0.717, 1.165) is 0 Å². The summed E-state index contributed by atoms with van der Waals surface area (Å²) in [5.74, 6) is -0.782. The molecule has 0 aliphatic rings. The zero-order chi connectivity index (χ0) is 18.8. The van der Waals surface area contributed by atoms with E-state index in [4.69, 9.17) is 16.3 Å². The van der Waals surface area contributed by atoms with Crippen molar-refractivity contribution in [2.45, 2.75) is 26.3 Å². The Morgan fingerprint density at radius 2 is 2.08 bits per heavy atom. The molecule has 3 aromatic rings. The molecular weight excluding hydrogens is 361 g/mol. The molecule has 0 radical (unpaired) electrons. The summed E-state index contributed by atoms with van der Waals surface area (Å²) >= 11 is 6.37. The predicted molar refractivity (Wildman–Crippen MR) is 95.6 cm³/mol. The molecule has 0 amide bonds. The molecule has 6 nitrogen and oxygen atoms in total. The van der Waals surface area contributed by atoms with Crippen molar-refractivity contribution in [2.24, 2.45) is 0 Å². The molecule has 0 unspecified atom stereocenters. The lowest BCUT2D eigenvalue weighted by Gasteiger charge is -2.19. The topological polar surface area (TPSA) is 77.2 Å². The largest absolute Gasteiger partial charge is 0.480 e. The van der Waals surface area contributed by atoms with E-state index in [9.17, 15) is 14.3 Å². The van der Waals surface area contributed by atoms with Crippen molar-refractivity contribution >= 4 is 28.7 Å². The van der Waals surface area contributed by atoms with Crippen LogP contribution in [0.25, 0.3) is 22.3 Å². The summed E-state index contributed by atoms with van der Waals surface area (Å²) in [5.41, 5.74) is 2.03. The number of rotatable bonds is 5. The molecule has 136 valence electrons. The lowest BCUT2D eigenvalue weighted by atomic mass is 10.1. The maximum Gasteiger partial charge on any atom is 0.302 e. The highest BCUT2D eigenvalue weighted by Gasteiger charge is 2.24. The Bertz CT molecular complexity index is 956. The van der Waals surface area contributed by atoms with E-state index >= 15 is 0 Å². The summed E-state index contributed by atoms with van der Waals surface area (Å²) in [6.45, 7) is 3.29. The van der Waals surface area contributed by atoms with Gasteiger partial charge in [-0.3, -0.25) is 9.36 Å². The van der Waals surface area contributed by atoms with Crippen molar-refractivity contribution in [3.8, 4) is 17.1 Å². The fourth-order valence-corrected chi connectivity index (χ4v) is 3.10. The highest BCUT2D eigenvalue weighted by atomic mass is 35.5. The molecule has 2 heterocycles. The molecule has 0 spiro atoms. The van der Waals surface area contributed by atoms with Gasteiger partial charge in [-0.25, -0.2) is 9.37 Å².